The Labute approximate surface area is 108 Å². The molecule has 1 atom stereocenters. The first-order valence-corrected chi connectivity index (χ1v) is 5.79. The van der Waals surface area contributed by atoms with Gasteiger partial charge in [0, 0.05) is 18.7 Å². The van der Waals surface area contributed by atoms with E-state index in [1.165, 1.54) is 0 Å². The molecule has 1 fully saturated rings. The summed E-state index contributed by atoms with van der Waals surface area (Å²) in [6, 6.07) is 2.10. The van der Waals surface area contributed by atoms with E-state index in [0.717, 1.165) is 18.6 Å². The van der Waals surface area contributed by atoms with Crippen molar-refractivity contribution < 1.29 is 22.6 Å². The van der Waals surface area contributed by atoms with E-state index in [9.17, 15) is 13.2 Å². The van der Waals surface area contributed by atoms with Crippen molar-refractivity contribution in [2.24, 2.45) is 0 Å². The second kappa shape index (κ2) is 5.16. The summed E-state index contributed by atoms with van der Waals surface area (Å²) < 4.78 is 47.1. The number of nitrogens with two attached hydrogens (primary N) is 1. The molecule has 3 N–H and O–H groups in total. The average molecular weight is 276 g/mol. The van der Waals surface area contributed by atoms with Crippen molar-refractivity contribution in [3.63, 3.8) is 0 Å². The van der Waals surface area contributed by atoms with Gasteiger partial charge in [0.2, 0.25) is 0 Å². The van der Waals surface area contributed by atoms with Crippen molar-refractivity contribution in [3.05, 3.63) is 17.9 Å². The fraction of sp³-hybridized carbons (Fsp3) is 0.500. The van der Waals surface area contributed by atoms with Crippen LogP contribution in [0.2, 0.25) is 0 Å². The van der Waals surface area contributed by atoms with Crippen molar-refractivity contribution in [2.75, 3.05) is 24.3 Å². The quantitative estimate of drug-likeness (QED) is 0.830. The number of alkyl halides is 2. The van der Waals surface area contributed by atoms with Gasteiger partial charge in [-0.1, -0.05) is 0 Å². The summed E-state index contributed by atoms with van der Waals surface area (Å²) in [4.78, 5) is 0. The predicted molar refractivity (Wildman–Crippen MR) is 64.9 cm³/mol. The van der Waals surface area contributed by atoms with E-state index < -0.39 is 18.2 Å². The van der Waals surface area contributed by atoms with Gasteiger partial charge >= 0.3 is 6.61 Å². The van der Waals surface area contributed by atoms with Gasteiger partial charge in [-0.05, 0) is 13.3 Å². The Morgan fingerprint density at radius 2 is 2.21 bits per heavy atom. The molecule has 1 aliphatic rings. The van der Waals surface area contributed by atoms with Crippen LogP contribution < -0.4 is 15.8 Å². The molecular weight excluding hydrogens is 261 g/mol. The van der Waals surface area contributed by atoms with Crippen molar-refractivity contribution >= 4 is 11.4 Å². The Hall–Kier alpha value is -1.63. The number of halogens is 3. The lowest BCUT2D eigenvalue weighted by molar-refractivity contribution is -0.0521. The summed E-state index contributed by atoms with van der Waals surface area (Å²) >= 11 is 0. The van der Waals surface area contributed by atoms with E-state index in [0.29, 0.717) is 18.9 Å². The molecule has 7 heteroatoms. The van der Waals surface area contributed by atoms with Crippen LogP contribution in [0.4, 0.5) is 24.5 Å². The summed E-state index contributed by atoms with van der Waals surface area (Å²) in [5, 5.41) is 3.08. The fourth-order valence-electron chi connectivity index (χ4n) is 1.95. The largest absolute Gasteiger partial charge is 0.432 e. The van der Waals surface area contributed by atoms with Crippen molar-refractivity contribution in [3.8, 4) is 5.75 Å². The van der Waals surface area contributed by atoms with Crippen molar-refractivity contribution in [2.45, 2.75) is 25.5 Å². The highest BCUT2D eigenvalue weighted by Gasteiger charge is 2.30. The minimum absolute atomic E-state index is 0.132. The van der Waals surface area contributed by atoms with Gasteiger partial charge in [0.05, 0.1) is 23.5 Å². The van der Waals surface area contributed by atoms with Crippen LogP contribution >= 0.6 is 0 Å². The number of anilines is 2. The van der Waals surface area contributed by atoms with Gasteiger partial charge in [-0.25, -0.2) is 4.39 Å². The zero-order valence-electron chi connectivity index (χ0n) is 10.4. The Morgan fingerprint density at radius 1 is 1.47 bits per heavy atom. The third kappa shape index (κ3) is 3.23. The highest BCUT2D eigenvalue weighted by atomic mass is 19.3. The molecule has 0 spiro atoms. The van der Waals surface area contributed by atoms with Gasteiger partial charge in [0.25, 0.3) is 0 Å². The molecule has 1 heterocycles. The van der Waals surface area contributed by atoms with Crippen LogP contribution in [0.5, 0.6) is 5.75 Å². The van der Waals surface area contributed by atoms with E-state index in [-0.39, 0.29) is 11.2 Å². The van der Waals surface area contributed by atoms with Gasteiger partial charge in [0.1, 0.15) is 0 Å². The smallest absolute Gasteiger partial charge is 0.387 e. The number of hydrogen-bond donors (Lipinski definition) is 2. The lowest BCUT2D eigenvalue weighted by Gasteiger charge is -2.26. The SMILES string of the molecule is CC1(Nc2cc(OC(F)F)c(F)cc2N)CCOC1. The number of ether oxygens (including phenoxy) is 2. The normalized spacial score (nSPS) is 22.8. The van der Waals surface area contributed by atoms with Gasteiger partial charge in [-0.15, -0.1) is 0 Å². The highest BCUT2D eigenvalue weighted by Crippen LogP contribution is 2.33. The summed E-state index contributed by atoms with van der Waals surface area (Å²) in [7, 11) is 0. The van der Waals surface area contributed by atoms with E-state index in [1.807, 2.05) is 6.92 Å². The topological polar surface area (TPSA) is 56.5 Å². The van der Waals surface area contributed by atoms with E-state index >= 15 is 0 Å². The van der Waals surface area contributed by atoms with Crippen LogP contribution in [0.15, 0.2) is 12.1 Å². The first kappa shape index (κ1) is 13.8. The minimum Gasteiger partial charge on any atom is -0.432 e. The number of hydrogen-bond acceptors (Lipinski definition) is 4. The third-order valence-electron chi connectivity index (χ3n) is 2.98. The molecule has 0 amide bonds. The van der Waals surface area contributed by atoms with Crippen LogP contribution in [0.1, 0.15) is 13.3 Å². The predicted octanol–water partition coefficient (Wildman–Crippen LogP) is 2.60. The van der Waals surface area contributed by atoms with Gasteiger partial charge in [-0.2, -0.15) is 8.78 Å². The molecule has 0 saturated carbocycles. The van der Waals surface area contributed by atoms with Gasteiger partial charge < -0.3 is 20.5 Å². The number of benzene rings is 1. The molecule has 106 valence electrons. The number of nitrogen functional groups attached to an aromatic ring is 1. The van der Waals surface area contributed by atoms with Crippen molar-refractivity contribution in [1.29, 1.82) is 0 Å². The van der Waals surface area contributed by atoms with Gasteiger partial charge in [0.15, 0.2) is 11.6 Å². The van der Waals surface area contributed by atoms with Crippen LogP contribution in [0, 0.1) is 5.82 Å². The van der Waals surface area contributed by atoms with E-state index in [1.54, 1.807) is 0 Å². The Balaban J connectivity index is 2.24. The lowest BCUT2D eigenvalue weighted by Crippen LogP contribution is -2.35. The Kier molecular flexibility index (Phi) is 3.75. The Bertz CT molecular complexity index is 463. The van der Waals surface area contributed by atoms with E-state index in [2.05, 4.69) is 10.1 Å². The standard InChI is InChI=1S/C12H15F3N2O2/c1-12(2-3-18-6-12)17-9-5-10(19-11(14)15)7(13)4-8(9)16/h4-5,11,17H,2-3,6,16H2,1H3. The zero-order valence-corrected chi connectivity index (χ0v) is 10.4. The first-order valence-electron chi connectivity index (χ1n) is 5.79. The van der Waals surface area contributed by atoms with Crippen LogP contribution in [0.25, 0.3) is 0 Å². The molecule has 4 nitrogen and oxygen atoms in total. The van der Waals surface area contributed by atoms with E-state index in [4.69, 9.17) is 10.5 Å². The summed E-state index contributed by atoms with van der Waals surface area (Å²) in [6.45, 7) is -0.104. The number of nitrogens with one attached hydrogen (secondary N) is 1. The Morgan fingerprint density at radius 3 is 2.79 bits per heavy atom. The maximum absolute atomic E-state index is 13.4. The summed E-state index contributed by atoms with van der Waals surface area (Å²) in [6.07, 6.45) is 0.745. The fourth-order valence-corrected chi connectivity index (χ4v) is 1.95. The molecule has 2 rings (SSSR count). The van der Waals surface area contributed by atoms with Crippen molar-refractivity contribution in [1.82, 2.24) is 0 Å². The molecule has 1 aromatic rings. The molecule has 0 radical (unpaired) electrons. The average Bonchev–Trinajstić information content (AvgIpc) is 2.71. The van der Waals surface area contributed by atoms with Crippen LogP contribution in [0.3, 0.4) is 0 Å². The summed E-state index contributed by atoms with van der Waals surface area (Å²) in [5.41, 5.74) is 5.80. The lowest BCUT2D eigenvalue weighted by atomic mass is 10.0. The molecule has 1 aliphatic heterocycles. The highest BCUT2D eigenvalue weighted by molar-refractivity contribution is 5.69. The number of rotatable bonds is 4. The minimum atomic E-state index is -3.09. The second-order valence-corrected chi connectivity index (χ2v) is 4.74. The van der Waals surface area contributed by atoms with Crippen LogP contribution in [-0.4, -0.2) is 25.4 Å². The molecule has 19 heavy (non-hydrogen) atoms. The molecule has 0 aromatic heterocycles. The third-order valence-corrected chi connectivity index (χ3v) is 2.98. The zero-order chi connectivity index (χ0) is 14.0. The maximum Gasteiger partial charge on any atom is 0.387 e. The van der Waals surface area contributed by atoms with Gasteiger partial charge in [-0.3, -0.25) is 0 Å². The molecule has 0 bridgehead atoms. The second-order valence-electron chi connectivity index (χ2n) is 4.74. The first-order chi connectivity index (χ1) is 8.89. The maximum atomic E-state index is 13.4. The molecule has 1 saturated heterocycles. The monoisotopic (exact) mass is 276 g/mol. The summed E-state index contributed by atoms with van der Waals surface area (Å²) in [5.74, 6) is -1.45. The molecular formula is C12H15F3N2O2. The molecule has 0 aliphatic carbocycles. The molecule has 1 aromatic carbocycles. The molecule has 1 unspecified atom stereocenters. The van der Waals surface area contributed by atoms with Crippen LogP contribution in [-0.2, 0) is 4.74 Å².